The molecule has 0 aliphatic carbocycles. The fraction of sp³-hybridized carbons (Fsp3) is 0.417. The largest absolute Gasteiger partial charge is 0.456 e. The van der Waals surface area contributed by atoms with Gasteiger partial charge in [-0.1, -0.05) is 0 Å². The van der Waals surface area contributed by atoms with Crippen LogP contribution >= 0.6 is 0 Å². The second-order valence-electron chi connectivity index (χ2n) is 16.0. The number of ether oxygens (including phenoxy) is 1. The van der Waals surface area contributed by atoms with Gasteiger partial charge in [0.1, 0.15) is 11.5 Å². The number of aryl methyl sites for hydroxylation is 8. The van der Waals surface area contributed by atoms with E-state index < -0.39 is 0 Å². The molecular formula is C48H60N2O. The molecular weight excluding hydrogens is 621 g/mol. The number of benzene rings is 4. The molecule has 268 valence electrons. The van der Waals surface area contributed by atoms with E-state index in [0.29, 0.717) is 0 Å². The summed E-state index contributed by atoms with van der Waals surface area (Å²) in [5, 5.41) is 2.80. The number of hydrogen-bond donors (Lipinski definition) is 0. The minimum absolute atomic E-state index is 0.992. The minimum atomic E-state index is 0.992. The molecule has 2 heterocycles. The first-order valence-electron chi connectivity index (χ1n) is 18.7. The number of nitrogens with zero attached hydrogens (tertiary/aromatic N) is 2. The zero-order valence-electron chi connectivity index (χ0n) is 35.3. The molecule has 0 unspecified atom stereocenters. The molecule has 0 spiro atoms. The Bertz CT molecular complexity index is 2290. The van der Waals surface area contributed by atoms with E-state index in [1.807, 2.05) is 0 Å². The van der Waals surface area contributed by atoms with Crippen molar-refractivity contribution in [2.45, 2.75) is 125 Å². The molecule has 0 aliphatic rings. The molecule has 0 amide bonds. The fourth-order valence-electron chi connectivity index (χ4n) is 9.69. The minimum Gasteiger partial charge on any atom is -0.456 e. The molecule has 51 heavy (non-hydrogen) atoms. The van der Waals surface area contributed by atoms with Gasteiger partial charge in [0, 0.05) is 36.3 Å². The summed E-state index contributed by atoms with van der Waals surface area (Å²) in [6, 6.07) is 0. The van der Waals surface area contributed by atoms with E-state index in [2.05, 4.69) is 148 Å². The van der Waals surface area contributed by atoms with Gasteiger partial charge in [0.15, 0.2) is 0 Å². The molecule has 0 aliphatic heterocycles. The average molecular weight is 681 g/mol. The molecule has 0 saturated heterocycles. The first-order chi connectivity index (χ1) is 23.7. The summed E-state index contributed by atoms with van der Waals surface area (Å²) in [5.74, 6) is 1.98. The molecule has 6 aromatic rings. The van der Waals surface area contributed by atoms with Crippen LogP contribution in [0.1, 0.15) is 100 Å². The highest BCUT2D eigenvalue weighted by Gasteiger charge is 2.28. The fourth-order valence-corrected chi connectivity index (χ4v) is 9.69. The number of rotatable bonds is 4. The molecule has 3 nitrogen and oxygen atoms in total. The van der Waals surface area contributed by atoms with Gasteiger partial charge in [-0.25, -0.2) is 0 Å². The van der Waals surface area contributed by atoms with Gasteiger partial charge < -0.3 is 13.9 Å². The lowest BCUT2D eigenvalue weighted by Crippen LogP contribution is -2.07. The Balaban J connectivity index is 1.56. The van der Waals surface area contributed by atoms with Crippen molar-refractivity contribution in [3.8, 4) is 33.8 Å². The second-order valence-corrected chi connectivity index (χ2v) is 16.0. The molecule has 0 saturated carbocycles. The third-order valence-corrected chi connectivity index (χ3v) is 13.9. The zero-order chi connectivity index (χ0) is 38.0. The molecule has 0 N–H and O–H groups in total. The van der Waals surface area contributed by atoms with Gasteiger partial charge in [0.25, 0.3) is 0 Å². The van der Waals surface area contributed by atoms with E-state index in [1.54, 1.807) is 0 Å². The highest BCUT2D eigenvalue weighted by molar-refractivity contribution is 6.00. The van der Waals surface area contributed by atoms with Crippen molar-refractivity contribution in [2.75, 3.05) is 0 Å². The SMILES string of the molecule is Cc1c(C)c(-c2c(C)c(C)c3c(c2C)c(C)c(C)n3C)c(C)c(C)c1Oc1c(C)c(C)c(-c2c(C)c(C)c3c(c2C)c(C)c(C)n3C)c(C)c1C. The Kier molecular flexibility index (Phi) is 8.73. The smallest absolute Gasteiger partial charge is 0.133 e. The Hall–Kier alpha value is -4.24. The molecule has 0 fully saturated rings. The van der Waals surface area contributed by atoms with E-state index >= 15 is 0 Å². The summed E-state index contributed by atoms with van der Waals surface area (Å²) in [7, 11) is 4.42. The summed E-state index contributed by atoms with van der Waals surface area (Å²) in [6.45, 7) is 41.1. The van der Waals surface area contributed by atoms with Crippen LogP contribution in [0.4, 0.5) is 0 Å². The maximum Gasteiger partial charge on any atom is 0.133 e. The average Bonchev–Trinajstić information content (AvgIpc) is 3.46. The third kappa shape index (κ3) is 4.75. The van der Waals surface area contributed by atoms with Crippen molar-refractivity contribution >= 4 is 21.8 Å². The highest BCUT2D eigenvalue weighted by Crippen LogP contribution is 2.49. The third-order valence-electron chi connectivity index (χ3n) is 13.9. The Labute approximate surface area is 307 Å². The first kappa shape index (κ1) is 36.5. The van der Waals surface area contributed by atoms with Crippen molar-refractivity contribution in [1.29, 1.82) is 0 Å². The van der Waals surface area contributed by atoms with Gasteiger partial charge in [-0.3, -0.25) is 0 Å². The standard InChI is InChI=1S/C48H60N2O/c1-21-27(7)45-43(33(13)37(17)49(45)19)35(15)41(21)39-23(3)29(9)47(30(10)24(39)4)51-48-31(11)25(5)40(26(6)32(48)12)42-22(2)28(8)46-44(36(42)16)34(14)38(18)50(46)20/h1-20H3. The quantitative estimate of drug-likeness (QED) is 0.181. The molecule has 3 heteroatoms. The van der Waals surface area contributed by atoms with Gasteiger partial charge in [-0.15, -0.1) is 0 Å². The normalized spacial score (nSPS) is 11.9. The van der Waals surface area contributed by atoms with Crippen LogP contribution in [0.15, 0.2) is 0 Å². The molecule has 0 atom stereocenters. The lowest BCUT2D eigenvalue weighted by atomic mass is 9.82. The van der Waals surface area contributed by atoms with Gasteiger partial charge >= 0.3 is 0 Å². The molecule has 0 bridgehead atoms. The van der Waals surface area contributed by atoms with Crippen LogP contribution in [0.5, 0.6) is 11.5 Å². The van der Waals surface area contributed by atoms with E-state index in [0.717, 1.165) is 11.5 Å². The first-order valence-corrected chi connectivity index (χ1v) is 18.7. The van der Waals surface area contributed by atoms with Gasteiger partial charge in [0.2, 0.25) is 0 Å². The van der Waals surface area contributed by atoms with Crippen LogP contribution in [0, 0.1) is 125 Å². The number of fused-ring (bicyclic) bond motifs is 2. The van der Waals surface area contributed by atoms with E-state index in [9.17, 15) is 0 Å². The molecule has 0 radical (unpaired) electrons. The zero-order valence-corrected chi connectivity index (χ0v) is 35.3. The summed E-state index contributed by atoms with van der Waals surface area (Å²) >= 11 is 0. The van der Waals surface area contributed by atoms with Crippen molar-refractivity contribution in [3.63, 3.8) is 0 Å². The van der Waals surface area contributed by atoms with Gasteiger partial charge in [-0.05, 0) is 236 Å². The summed E-state index contributed by atoms with van der Waals surface area (Å²) in [4.78, 5) is 0. The monoisotopic (exact) mass is 680 g/mol. The predicted molar refractivity (Wildman–Crippen MR) is 222 cm³/mol. The van der Waals surface area contributed by atoms with E-state index in [1.165, 1.54) is 144 Å². The second kappa shape index (κ2) is 12.2. The maximum absolute atomic E-state index is 7.19. The molecule has 2 aromatic heterocycles. The maximum atomic E-state index is 7.19. The van der Waals surface area contributed by atoms with Crippen LogP contribution in [0.2, 0.25) is 0 Å². The summed E-state index contributed by atoms with van der Waals surface area (Å²) < 4.78 is 11.9. The van der Waals surface area contributed by atoms with Crippen LogP contribution in [-0.2, 0) is 14.1 Å². The lowest BCUT2D eigenvalue weighted by molar-refractivity contribution is 0.466. The van der Waals surface area contributed by atoms with E-state index in [-0.39, 0.29) is 0 Å². The van der Waals surface area contributed by atoms with Crippen LogP contribution in [0.3, 0.4) is 0 Å². The van der Waals surface area contributed by atoms with Crippen molar-refractivity contribution in [2.24, 2.45) is 14.1 Å². The Morgan fingerprint density at radius 1 is 0.275 bits per heavy atom. The topological polar surface area (TPSA) is 19.1 Å². The Morgan fingerprint density at radius 3 is 0.784 bits per heavy atom. The van der Waals surface area contributed by atoms with Crippen molar-refractivity contribution < 1.29 is 4.74 Å². The van der Waals surface area contributed by atoms with Crippen LogP contribution in [0.25, 0.3) is 44.1 Å². The van der Waals surface area contributed by atoms with Crippen molar-refractivity contribution in [1.82, 2.24) is 9.13 Å². The Morgan fingerprint density at radius 2 is 0.510 bits per heavy atom. The van der Waals surface area contributed by atoms with Crippen LogP contribution < -0.4 is 4.74 Å². The number of aromatic nitrogens is 2. The lowest BCUT2D eigenvalue weighted by Gasteiger charge is -2.27. The summed E-state index contributed by atoms with van der Waals surface area (Å²) in [6.07, 6.45) is 0. The molecule has 6 rings (SSSR count). The van der Waals surface area contributed by atoms with Crippen LogP contribution in [-0.4, -0.2) is 9.13 Å². The summed E-state index contributed by atoms with van der Waals surface area (Å²) in [5.41, 5.74) is 31.9. The van der Waals surface area contributed by atoms with Gasteiger partial charge in [0.05, 0.1) is 11.0 Å². The number of hydrogen-bond acceptors (Lipinski definition) is 1. The van der Waals surface area contributed by atoms with E-state index in [4.69, 9.17) is 4.74 Å². The predicted octanol–water partition coefficient (Wildman–Crippen LogP) is 13.3. The highest BCUT2D eigenvalue weighted by atomic mass is 16.5. The molecule has 4 aromatic carbocycles. The van der Waals surface area contributed by atoms with Crippen molar-refractivity contribution in [3.05, 3.63) is 100 Å². The van der Waals surface area contributed by atoms with Gasteiger partial charge in [-0.2, -0.15) is 0 Å².